The van der Waals surface area contributed by atoms with Gasteiger partial charge in [-0.2, -0.15) is 0 Å². The van der Waals surface area contributed by atoms with Crippen molar-refractivity contribution in [1.29, 1.82) is 0 Å². The zero-order valence-corrected chi connectivity index (χ0v) is 22.6. The molecule has 0 heterocycles. The van der Waals surface area contributed by atoms with Crippen molar-refractivity contribution in [2.24, 2.45) is 0 Å². The van der Waals surface area contributed by atoms with Crippen molar-refractivity contribution in [3.63, 3.8) is 0 Å². The maximum atomic E-state index is 13.7. The molecule has 2 rings (SSSR count). The zero-order valence-electron chi connectivity index (χ0n) is 21.8. The first-order chi connectivity index (χ1) is 17.4. The Labute approximate surface area is 217 Å². The summed E-state index contributed by atoms with van der Waals surface area (Å²) in [5.41, 5.74) is 1.23. The van der Waals surface area contributed by atoms with Gasteiger partial charge in [0.15, 0.2) is 0 Å². The standard InChI is InChI=1S/C25H34N4O7S/c1-6-13-26-25(31)21(7-2)27(16-19-10-8-9-18(3)14-19)24(30)17-28(37(5,34)35)22-15-20(29(32)33)11-12-23(22)36-4/h8-12,14-15,21H,6-7,13,16-17H2,1-5H3,(H,26,31)/t21-/m1/s1. The second-order valence-electron chi connectivity index (χ2n) is 8.61. The first-order valence-electron chi connectivity index (χ1n) is 11.9. The van der Waals surface area contributed by atoms with Gasteiger partial charge in [-0.05, 0) is 31.4 Å². The molecule has 0 saturated carbocycles. The number of ether oxygens (including phenoxy) is 1. The van der Waals surface area contributed by atoms with Crippen LogP contribution in [-0.4, -0.2) is 62.6 Å². The van der Waals surface area contributed by atoms with Gasteiger partial charge in [0.05, 0.1) is 18.3 Å². The van der Waals surface area contributed by atoms with Crippen LogP contribution in [0.5, 0.6) is 5.75 Å². The number of rotatable bonds is 13. The molecule has 0 saturated heterocycles. The third kappa shape index (κ3) is 7.91. The maximum absolute atomic E-state index is 13.7. The Kier molecular flexibility index (Phi) is 10.4. The lowest BCUT2D eigenvalue weighted by atomic mass is 10.1. The highest BCUT2D eigenvalue weighted by atomic mass is 32.2. The van der Waals surface area contributed by atoms with Crippen LogP contribution >= 0.6 is 0 Å². The topological polar surface area (TPSA) is 139 Å². The second-order valence-corrected chi connectivity index (χ2v) is 10.5. The molecule has 0 aromatic heterocycles. The summed E-state index contributed by atoms with van der Waals surface area (Å²) in [7, 11) is -2.79. The van der Waals surface area contributed by atoms with Crippen molar-refractivity contribution >= 4 is 33.2 Å². The summed E-state index contributed by atoms with van der Waals surface area (Å²) >= 11 is 0. The van der Waals surface area contributed by atoms with Crippen molar-refractivity contribution < 1.29 is 27.7 Å². The van der Waals surface area contributed by atoms with E-state index in [0.717, 1.165) is 27.8 Å². The van der Waals surface area contributed by atoms with Crippen LogP contribution < -0.4 is 14.4 Å². The van der Waals surface area contributed by atoms with E-state index in [9.17, 15) is 28.1 Å². The minimum absolute atomic E-state index is 0.0433. The SMILES string of the molecule is CCCNC(=O)[C@@H](CC)N(Cc1cccc(C)c1)C(=O)CN(c1cc([N+](=O)[O-])ccc1OC)S(C)(=O)=O. The molecule has 1 N–H and O–H groups in total. The number of amides is 2. The third-order valence-electron chi connectivity index (χ3n) is 5.69. The minimum Gasteiger partial charge on any atom is -0.495 e. The van der Waals surface area contributed by atoms with Crippen molar-refractivity contribution in [3.8, 4) is 5.75 Å². The van der Waals surface area contributed by atoms with Gasteiger partial charge < -0.3 is 15.0 Å². The van der Waals surface area contributed by atoms with Gasteiger partial charge in [-0.1, -0.05) is 43.7 Å². The van der Waals surface area contributed by atoms with Crippen molar-refractivity contribution in [2.45, 2.75) is 46.2 Å². The number of anilines is 1. The molecule has 37 heavy (non-hydrogen) atoms. The van der Waals surface area contributed by atoms with Gasteiger partial charge in [-0.25, -0.2) is 8.42 Å². The van der Waals surface area contributed by atoms with E-state index in [4.69, 9.17) is 4.74 Å². The van der Waals surface area contributed by atoms with E-state index in [-0.39, 0.29) is 29.6 Å². The van der Waals surface area contributed by atoms with Crippen LogP contribution in [0.15, 0.2) is 42.5 Å². The molecule has 11 nitrogen and oxygen atoms in total. The molecule has 1 atom stereocenters. The summed E-state index contributed by atoms with van der Waals surface area (Å²) in [6.07, 6.45) is 1.91. The Morgan fingerprint density at radius 2 is 1.86 bits per heavy atom. The number of carbonyl (C=O) groups excluding carboxylic acids is 2. The third-order valence-corrected chi connectivity index (χ3v) is 6.82. The lowest BCUT2D eigenvalue weighted by molar-refractivity contribution is -0.384. The highest BCUT2D eigenvalue weighted by Gasteiger charge is 2.33. The molecule has 0 aliphatic rings. The molecule has 0 spiro atoms. The number of nitro benzene ring substituents is 1. The summed E-state index contributed by atoms with van der Waals surface area (Å²) in [6, 6.07) is 10.1. The molecule has 0 fully saturated rings. The largest absolute Gasteiger partial charge is 0.495 e. The summed E-state index contributed by atoms with van der Waals surface area (Å²) in [5, 5.41) is 14.2. The highest BCUT2D eigenvalue weighted by molar-refractivity contribution is 7.92. The Bertz CT molecular complexity index is 1230. The minimum atomic E-state index is -4.09. The fraction of sp³-hybridized carbons (Fsp3) is 0.440. The smallest absolute Gasteiger partial charge is 0.271 e. The van der Waals surface area contributed by atoms with Crippen LogP contribution in [0.1, 0.15) is 37.8 Å². The number of benzene rings is 2. The number of nitro groups is 1. The second kappa shape index (κ2) is 13.0. The fourth-order valence-electron chi connectivity index (χ4n) is 3.87. The number of hydrogen-bond acceptors (Lipinski definition) is 7. The van der Waals surface area contributed by atoms with Gasteiger partial charge in [-0.15, -0.1) is 0 Å². The van der Waals surface area contributed by atoms with Gasteiger partial charge >= 0.3 is 0 Å². The van der Waals surface area contributed by atoms with E-state index in [0.29, 0.717) is 19.4 Å². The van der Waals surface area contributed by atoms with E-state index >= 15 is 0 Å². The molecule has 2 aromatic rings. The molecule has 2 amide bonds. The summed E-state index contributed by atoms with van der Waals surface area (Å²) in [4.78, 5) is 38.7. The van der Waals surface area contributed by atoms with Gasteiger partial charge in [0.25, 0.3) is 5.69 Å². The van der Waals surface area contributed by atoms with Crippen LogP contribution in [0.4, 0.5) is 11.4 Å². The van der Waals surface area contributed by atoms with Crippen LogP contribution in [0.25, 0.3) is 0 Å². The Hall–Kier alpha value is -3.67. The summed E-state index contributed by atoms with van der Waals surface area (Å²) < 4.78 is 31.6. The number of nitrogens with zero attached hydrogens (tertiary/aromatic N) is 3. The molecule has 0 aliphatic carbocycles. The molecule has 0 bridgehead atoms. The van der Waals surface area contributed by atoms with Crippen LogP contribution in [-0.2, 0) is 26.2 Å². The number of non-ortho nitro benzene ring substituents is 1. The lowest BCUT2D eigenvalue weighted by Crippen LogP contribution is -2.52. The van der Waals surface area contributed by atoms with E-state index in [1.165, 1.54) is 24.1 Å². The maximum Gasteiger partial charge on any atom is 0.271 e. The Balaban J connectivity index is 2.55. The van der Waals surface area contributed by atoms with Crippen molar-refractivity contribution in [2.75, 3.05) is 30.8 Å². The molecule has 2 aromatic carbocycles. The van der Waals surface area contributed by atoms with E-state index in [1.54, 1.807) is 6.92 Å². The Morgan fingerprint density at radius 3 is 2.41 bits per heavy atom. The number of carbonyl (C=O) groups is 2. The molecule has 12 heteroatoms. The van der Waals surface area contributed by atoms with Gasteiger partial charge in [0.2, 0.25) is 21.8 Å². The predicted molar refractivity (Wildman–Crippen MR) is 141 cm³/mol. The zero-order chi connectivity index (χ0) is 27.8. The normalized spacial score (nSPS) is 11.9. The summed E-state index contributed by atoms with van der Waals surface area (Å²) in [5.74, 6) is -0.940. The first kappa shape index (κ1) is 29.6. The average Bonchev–Trinajstić information content (AvgIpc) is 2.84. The van der Waals surface area contributed by atoms with Gasteiger partial charge in [0, 0.05) is 25.2 Å². The Morgan fingerprint density at radius 1 is 1.16 bits per heavy atom. The number of aryl methyl sites for hydroxylation is 1. The van der Waals surface area contributed by atoms with Gasteiger partial charge in [-0.3, -0.25) is 24.0 Å². The van der Waals surface area contributed by atoms with E-state index in [1.807, 2.05) is 38.1 Å². The molecule has 0 aliphatic heterocycles. The summed E-state index contributed by atoms with van der Waals surface area (Å²) in [6.45, 7) is 5.41. The van der Waals surface area contributed by atoms with E-state index < -0.39 is 33.4 Å². The first-order valence-corrected chi connectivity index (χ1v) is 13.7. The molecular weight excluding hydrogens is 500 g/mol. The average molecular weight is 535 g/mol. The highest BCUT2D eigenvalue weighted by Crippen LogP contribution is 2.34. The molecule has 202 valence electrons. The molecular formula is C25H34N4O7S. The number of sulfonamides is 1. The number of methoxy groups -OCH3 is 1. The van der Waals surface area contributed by atoms with E-state index in [2.05, 4.69) is 5.32 Å². The predicted octanol–water partition coefficient (Wildman–Crippen LogP) is 3.01. The monoisotopic (exact) mass is 534 g/mol. The van der Waals surface area contributed by atoms with Crippen molar-refractivity contribution in [1.82, 2.24) is 10.2 Å². The van der Waals surface area contributed by atoms with Crippen LogP contribution in [0, 0.1) is 17.0 Å². The number of nitrogens with one attached hydrogen (secondary N) is 1. The van der Waals surface area contributed by atoms with Crippen molar-refractivity contribution in [3.05, 3.63) is 63.7 Å². The molecule has 0 radical (unpaired) electrons. The van der Waals surface area contributed by atoms with Crippen LogP contribution in [0.2, 0.25) is 0 Å². The van der Waals surface area contributed by atoms with Gasteiger partial charge in [0.1, 0.15) is 24.0 Å². The van der Waals surface area contributed by atoms with Crippen LogP contribution in [0.3, 0.4) is 0 Å². The molecule has 0 unspecified atom stereocenters. The quantitative estimate of drug-likeness (QED) is 0.308. The fourth-order valence-corrected chi connectivity index (χ4v) is 4.72. The lowest BCUT2D eigenvalue weighted by Gasteiger charge is -2.33. The number of hydrogen-bond donors (Lipinski definition) is 1.